The zero-order valence-electron chi connectivity index (χ0n) is 7.99. The molecular formula is C6H6BrF3N4O2S. The van der Waals surface area contributed by atoms with Gasteiger partial charge in [0.1, 0.15) is 11.1 Å². The largest absolute Gasteiger partial charge is 0.402 e. The Labute approximate surface area is 103 Å². The highest BCUT2D eigenvalue weighted by atomic mass is 79.9. The molecule has 0 aliphatic rings. The highest BCUT2D eigenvalue weighted by Crippen LogP contribution is 2.13. The fraction of sp³-hybridized carbons (Fsp3) is 0.333. The lowest BCUT2D eigenvalue weighted by Gasteiger charge is -2.10. The summed E-state index contributed by atoms with van der Waals surface area (Å²) in [6.07, 6.45) is -2.38. The zero-order chi connectivity index (χ0) is 13.1. The van der Waals surface area contributed by atoms with E-state index < -0.39 is 22.9 Å². The van der Waals surface area contributed by atoms with Crippen molar-refractivity contribution in [1.29, 1.82) is 0 Å². The molecule has 1 aromatic rings. The topological polar surface area (TPSA) is 84.0 Å². The maximum Gasteiger partial charge on any atom is 0.402 e. The Morgan fingerprint density at radius 2 is 1.94 bits per heavy atom. The Kier molecular flexibility index (Phi) is 4.27. The lowest BCUT2D eigenvalue weighted by molar-refractivity contribution is -0.121. The van der Waals surface area contributed by atoms with E-state index in [0.717, 1.165) is 6.20 Å². The number of nitrogens with one attached hydrogen (secondary N) is 2. The molecule has 0 aliphatic heterocycles. The highest BCUT2D eigenvalue weighted by Gasteiger charge is 2.29. The summed E-state index contributed by atoms with van der Waals surface area (Å²) in [5.41, 5.74) is 0. The van der Waals surface area contributed by atoms with Crippen molar-refractivity contribution >= 4 is 32.0 Å². The first-order valence-corrected chi connectivity index (χ1v) is 6.27. The number of rotatable bonds is 4. The van der Waals surface area contributed by atoms with Crippen LogP contribution in [0.3, 0.4) is 0 Å². The van der Waals surface area contributed by atoms with E-state index in [0.29, 0.717) is 4.60 Å². The summed E-state index contributed by atoms with van der Waals surface area (Å²) in [5.74, 6) is -0.192. The second-order valence-electron chi connectivity index (χ2n) is 2.77. The van der Waals surface area contributed by atoms with Crippen molar-refractivity contribution in [3.05, 3.63) is 17.0 Å². The Hall–Kier alpha value is -0.940. The Morgan fingerprint density at radius 3 is 2.41 bits per heavy atom. The third-order valence-electron chi connectivity index (χ3n) is 1.32. The standard InChI is InChI=1S/C6H6BrF3N4O2S/c7-4-1-12-5(2-11-4)14-17(15,16)13-3-6(8,9)10/h1-2,13H,3H2,(H,12,14). The van der Waals surface area contributed by atoms with Crippen LogP contribution in [0.4, 0.5) is 19.0 Å². The van der Waals surface area contributed by atoms with E-state index in [2.05, 4.69) is 25.9 Å². The van der Waals surface area contributed by atoms with Crippen LogP contribution in [0.2, 0.25) is 0 Å². The van der Waals surface area contributed by atoms with Crippen LogP contribution in [0, 0.1) is 0 Å². The summed E-state index contributed by atoms with van der Waals surface area (Å²) in [5, 5.41) is 0. The SMILES string of the molecule is O=S(=O)(NCC(F)(F)F)Nc1cnc(Br)cn1. The summed E-state index contributed by atoms with van der Waals surface area (Å²) >= 11 is 2.97. The number of alkyl halides is 3. The normalized spacial score (nSPS) is 12.5. The summed E-state index contributed by atoms with van der Waals surface area (Å²) in [6, 6.07) is 0. The molecule has 0 aliphatic carbocycles. The van der Waals surface area contributed by atoms with Crippen LogP contribution < -0.4 is 9.44 Å². The predicted molar refractivity (Wildman–Crippen MR) is 56.3 cm³/mol. The molecule has 0 amide bonds. The minimum atomic E-state index is -4.62. The van der Waals surface area contributed by atoms with E-state index in [1.165, 1.54) is 10.9 Å². The van der Waals surface area contributed by atoms with Crippen molar-refractivity contribution in [2.45, 2.75) is 6.18 Å². The Morgan fingerprint density at radius 1 is 1.29 bits per heavy atom. The number of anilines is 1. The lowest BCUT2D eigenvalue weighted by atomic mass is 10.7. The number of nitrogens with zero attached hydrogens (tertiary/aromatic N) is 2. The molecule has 1 rings (SSSR count). The molecule has 11 heteroatoms. The molecule has 0 saturated heterocycles. The van der Waals surface area contributed by atoms with Gasteiger partial charge in [-0.05, 0) is 15.9 Å². The molecule has 0 saturated carbocycles. The van der Waals surface area contributed by atoms with Crippen molar-refractivity contribution in [3.8, 4) is 0 Å². The molecule has 0 spiro atoms. The summed E-state index contributed by atoms with van der Waals surface area (Å²) in [4.78, 5) is 7.24. The first-order valence-electron chi connectivity index (χ1n) is 4.00. The number of hydrogen-bond donors (Lipinski definition) is 2. The Balaban J connectivity index is 2.64. The Bertz CT molecular complexity index is 475. The summed E-state index contributed by atoms with van der Waals surface area (Å²) in [7, 11) is -4.32. The van der Waals surface area contributed by atoms with E-state index >= 15 is 0 Å². The molecule has 1 aromatic heterocycles. The van der Waals surface area contributed by atoms with Gasteiger partial charge in [-0.1, -0.05) is 0 Å². The van der Waals surface area contributed by atoms with Crippen molar-refractivity contribution in [2.75, 3.05) is 11.3 Å². The molecule has 0 atom stereocenters. The van der Waals surface area contributed by atoms with Gasteiger partial charge in [0, 0.05) is 0 Å². The average Bonchev–Trinajstić information content (AvgIpc) is 2.18. The molecule has 0 radical (unpaired) electrons. The molecule has 0 bridgehead atoms. The van der Waals surface area contributed by atoms with Crippen LogP contribution >= 0.6 is 15.9 Å². The van der Waals surface area contributed by atoms with Crippen molar-refractivity contribution < 1.29 is 21.6 Å². The van der Waals surface area contributed by atoms with Gasteiger partial charge in [-0.15, -0.1) is 0 Å². The third-order valence-corrected chi connectivity index (χ3v) is 2.73. The van der Waals surface area contributed by atoms with Crippen LogP contribution in [0.5, 0.6) is 0 Å². The number of aromatic nitrogens is 2. The van der Waals surface area contributed by atoms with Gasteiger partial charge >= 0.3 is 16.4 Å². The van der Waals surface area contributed by atoms with Gasteiger partial charge in [0.15, 0.2) is 5.82 Å². The van der Waals surface area contributed by atoms with E-state index in [1.807, 2.05) is 0 Å². The third kappa shape index (κ3) is 5.79. The summed E-state index contributed by atoms with van der Waals surface area (Å²) in [6.45, 7) is -1.66. The first kappa shape index (κ1) is 14.1. The average molecular weight is 335 g/mol. The first-order chi connectivity index (χ1) is 7.68. The highest BCUT2D eigenvalue weighted by molar-refractivity contribution is 9.10. The van der Waals surface area contributed by atoms with Gasteiger partial charge in [0.05, 0.1) is 12.4 Å². The van der Waals surface area contributed by atoms with Crippen molar-refractivity contribution in [1.82, 2.24) is 14.7 Å². The van der Waals surface area contributed by atoms with Crippen LogP contribution in [0.1, 0.15) is 0 Å². The number of halogens is 4. The molecule has 0 fully saturated rings. The lowest BCUT2D eigenvalue weighted by Crippen LogP contribution is -2.37. The van der Waals surface area contributed by atoms with E-state index in [-0.39, 0.29) is 5.82 Å². The monoisotopic (exact) mass is 334 g/mol. The smallest absolute Gasteiger partial charge is 0.253 e. The van der Waals surface area contributed by atoms with Crippen molar-refractivity contribution in [2.24, 2.45) is 0 Å². The zero-order valence-corrected chi connectivity index (χ0v) is 10.4. The quantitative estimate of drug-likeness (QED) is 0.861. The second kappa shape index (κ2) is 5.14. The van der Waals surface area contributed by atoms with Crippen LogP contribution in [0.15, 0.2) is 17.0 Å². The van der Waals surface area contributed by atoms with Crippen LogP contribution in [0.25, 0.3) is 0 Å². The molecule has 0 aromatic carbocycles. The van der Waals surface area contributed by atoms with Gasteiger partial charge in [0.2, 0.25) is 0 Å². The summed E-state index contributed by atoms with van der Waals surface area (Å²) < 4.78 is 61.1. The molecular weight excluding hydrogens is 329 g/mol. The van der Waals surface area contributed by atoms with Gasteiger partial charge in [-0.25, -0.2) is 9.97 Å². The van der Waals surface area contributed by atoms with Gasteiger partial charge in [-0.2, -0.15) is 26.3 Å². The maximum absolute atomic E-state index is 11.8. The van der Waals surface area contributed by atoms with E-state index in [4.69, 9.17) is 0 Å². The molecule has 17 heavy (non-hydrogen) atoms. The van der Waals surface area contributed by atoms with Crippen molar-refractivity contribution in [3.63, 3.8) is 0 Å². The number of hydrogen-bond acceptors (Lipinski definition) is 4. The predicted octanol–water partition coefficient (Wildman–Crippen LogP) is 1.05. The van der Waals surface area contributed by atoms with Crippen LogP contribution in [-0.2, 0) is 10.2 Å². The molecule has 6 nitrogen and oxygen atoms in total. The van der Waals surface area contributed by atoms with E-state index in [1.54, 1.807) is 4.72 Å². The fourth-order valence-corrected chi connectivity index (χ4v) is 1.73. The second-order valence-corrected chi connectivity index (χ2v) is 5.08. The molecule has 0 unspecified atom stereocenters. The van der Waals surface area contributed by atoms with Gasteiger partial charge in [-0.3, -0.25) is 4.72 Å². The molecule has 1 heterocycles. The fourth-order valence-electron chi connectivity index (χ4n) is 0.716. The maximum atomic E-state index is 11.8. The molecule has 2 N–H and O–H groups in total. The van der Waals surface area contributed by atoms with E-state index in [9.17, 15) is 21.6 Å². The minimum Gasteiger partial charge on any atom is -0.253 e. The molecule has 96 valence electrons. The minimum absolute atomic E-state index is 0.192. The van der Waals surface area contributed by atoms with Gasteiger partial charge < -0.3 is 0 Å². The van der Waals surface area contributed by atoms with Gasteiger partial charge in [0.25, 0.3) is 0 Å². The van der Waals surface area contributed by atoms with Crippen LogP contribution in [-0.4, -0.2) is 31.1 Å².